The molecule has 180 valence electrons. The summed E-state index contributed by atoms with van der Waals surface area (Å²) < 4.78 is 31.6. The third-order valence-electron chi connectivity index (χ3n) is 5.88. The Kier molecular flexibility index (Phi) is 6.38. The summed E-state index contributed by atoms with van der Waals surface area (Å²) in [4.78, 5) is 27.1. The van der Waals surface area contributed by atoms with Crippen LogP contribution in [-0.4, -0.2) is 24.5 Å². The highest BCUT2D eigenvalue weighted by atomic mass is 32.2. The molecule has 5 rings (SSSR count). The monoisotopic (exact) mass is 515 g/mol. The predicted octanol–water partition coefficient (Wildman–Crippen LogP) is 6.15. The Morgan fingerprint density at radius 1 is 0.861 bits per heavy atom. The number of rotatable bonds is 6. The summed E-state index contributed by atoms with van der Waals surface area (Å²) in [5.74, 6) is -0.364. The van der Waals surface area contributed by atoms with Gasteiger partial charge in [0.1, 0.15) is 10.6 Å². The molecular formula is C28H21NO5S2. The van der Waals surface area contributed by atoms with Gasteiger partial charge in [-0.1, -0.05) is 72.8 Å². The zero-order valence-electron chi connectivity index (χ0n) is 19.2. The van der Waals surface area contributed by atoms with Gasteiger partial charge in [-0.2, -0.15) is 8.42 Å². The van der Waals surface area contributed by atoms with Crippen molar-refractivity contribution in [3.05, 3.63) is 113 Å². The summed E-state index contributed by atoms with van der Waals surface area (Å²) in [5.41, 5.74) is 2.24. The molecule has 0 unspecified atom stereocenters. The fraction of sp³-hybridized carbons (Fsp3) is 0.0714. The number of para-hydroxylation sites is 1. The molecule has 1 fully saturated rings. The van der Waals surface area contributed by atoms with Gasteiger partial charge in [0, 0.05) is 5.56 Å². The minimum absolute atomic E-state index is 0.0227. The first-order chi connectivity index (χ1) is 17.3. The summed E-state index contributed by atoms with van der Waals surface area (Å²) in [6.45, 7) is 2.09. The van der Waals surface area contributed by atoms with Crippen molar-refractivity contribution in [1.29, 1.82) is 0 Å². The molecule has 1 heterocycles. The Morgan fingerprint density at radius 3 is 2.36 bits per heavy atom. The van der Waals surface area contributed by atoms with Crippen LogP contribution >= 0.6 is 11.8 Å². The van der Waals surface area contributed by atoms with Gasteiger partial charge in [-0.3, -0.25) is 14.5 Å². The van der Waals surface area contributed by atoms with Crippen LogP contribution in [0.5, 0.6) is 5.75 Å². The van der Waals surface area contributed by atoms with Crippen molar-refractivity contribution < 1.29 is 22.2 Å². The van der Waals surface area contributed by atoms with Gasteiger partial charge < -0.3 is 4.18 Å². The molecule has 8 heteroatoms. The number of thioether (sulfide) groups is 1. The van der Waals surface area contributed by atoms with Crippen molar-refractivity contribution in [2.45, 2.75) is 18.4 Å². The van der Waals surface area contributed by atoms with Crippen LogP contribution in [0.3, 0.4) is 0 Å². The van der Waals surface area contributed by atoms with Gasteiger partial charge in [-0.25, -0.2) is 0 Å². The van der Waals surface area contributed by atoms with Crippen LogP contribution in [0.25, 0.3) is 16.8 Å². The molecule has 1 aliphatic rings. The van der Waals surface area contributed by atoms with Crippen LogP contribution in [-0.2, 0) is 21.5 Å². The summed E-state index contributed by atoms with van der Waals surface area (Å²) in [6.07, 6.45) is 1.49. The molecule has 1 aliphatic heterocycles. The van der Waals surface area contributed by atoms with E-state index in [9.17, 15) is 18.0 Å². The van der Waals surface area contributed by atoms with Gasteiger partial charge in [0.05, 0.1) is 11.4 Å². The summed E-state index contributed by atoms with van der Waals surface area (Å²) in [5, 5.41) is 1.31. The Balaban J connectivity index is 1.42. The number of benzene rings is 4. The first-order valence-corrected chi connectivity index (χ1v) is 13.4. The van der Waals surface area contributed by atoms with E-state index in [1.807, 2.05) is 55.5 Å². The maximum atomic E-state index is 13.1. The number of hydrogen-bond donors (Lipinski definition) is 0. The molecule has 0 aliphatic carbocycles. The molecule has 1 saturated heterocycles. The molecule has 36 heavy (non-hydrogen) atoms. The fourth-order valence-electron chi connectivity index (χ4n) is 3.90. The van der Waals surface area contributed by atoms with Crippen LogP contribution in [0.4, 0.5) is 4.79 Å². The molecule has 0 spiro atoms. The molecule has 0 bridgehead atoms. The molecule has 0 atom stereocenters. The highest BCUT2D eigenvalue weighted by molar-refractivity contribution is 8.18. The maximum Gasteiger partial charge on any atom is 0.339 e. The van der Waals surface area contributed by atoms with Crippen molar-refractivity contribution in [1.82, 2.24) is 4.90 Å². The van der Waals surface area contributed by atoms with Crippen molar-refractivity contribution in [3.63, 3.8) is 0 Å². The lowest BCUT2D eigenvalue weighted by atomic mass is 10.1. The van der Waals surface area contributed by atoms with Gasteiger partial charge in [0.2, 0.25) is 0 Å². The minimum atomic E-state index is -4.14. The van der Waals surface area contributed by atoms with Crippen LogP contribution in [0.15, 0.2) is 101 Å². The lowest BCUT2D eigenvalue weighted by Crippen LogP contribution is -2.27. The highest BCUT2D eigenvalue weighted by Crippen LogP contribution is 2.35. The van der Waals surface area contributed by atoms with E-state index >= 15 is 0 Å². The number of hydrogen-bond acceptors (Lipinski definition) is 6. The molecule has 0 aromatic heterocycles. The van der Waals surface area contributed by atoms with E-state index in [0.29, 0.717) is 5.56 Å². The van der Waals surface area contributed by atoms with E-state index in [1.165, 1.54) is 23.1 Å². The number of aryl methyl sites for hydroxylation is 1. The number of carbonyl (C=O) groups excluding carboxylic acids is 2. The number of carbonyl (C=O) groups is 2. The lowest BCUT2D eigenvalue weighted by molar-refractivity contribution is -0.123. The molecule has 0 N–H and O–H groups in total. The SMILES string of the molecule is Cc1ccccc1CN1C(=O)S/C(=C\c2ccccc2OS(=O)(=O)c2ccc3ccccc3c2)C1=O. The average Bonchev–Trinajstić information content (AvgIpc) is 3.13. The van der Waals surface area contributed by atoms with Gasteiger partial charge in [0.25, 0.3) is 11.1 Å². The standard InChI is InChI=1S/C28H21NO5S2/c1-19-8-2-3-12-23(19)18-29-27(30)26(35-28(29)31)17-22-11-6-7-13-25(22)34-36(32,33)24-15-14-20-9-4-5-10-21(20)16-24/h2-17H,18H2,1H3/b26-17-. The highest BCUT2D eigenvalue weighted by Gasteiger charge is 2.35. The second-order valence-electron chi connectivity index (χ2n) is 8.28. The number of fused-ring (bicyclic) bond motifs is 1. The summed E-state index contributed by atoms with van der Waals surface area (Å²) >= 11 is 0.820. The molecule has 2 amide bonds. The first-order valence-electron chi connectivity index (χ1n) is 11.1. The molecule has 6 nitrogen and oxygen atoms in total. The number of nitrogens with zero attached hydrogens (tertiary/aromatic N) is 1. The summed E-state index contributed by atoms with van der Waals surface area (Å²) in [6, 6.07) is 26.3. The number of amides is 2. The van der Waals surface area contributed by atoms with Crippen LogP contribution in [0.2, 0.25) is 0 Å². The van der Waals surface area contributed by atoms with E-state index in [4.69, 9.17) is 4.18 Å². The van der Waals surface area contributed by atoms with Crippen molar-refractivity contribution in [2.24, 2.45) is 0 Å². The Bertz CT molecular complexity index is 1640. The maximum absolute atomic E-state index is 13.1. The molecule has 4 aromatic rings. The first kappa shape index (κ1) is 23.8. The van der Waals surface area contributed by atoms with E-state index in [-0.39, 0.29) is 27.3 Å². The average molecular weight is 516 g/mol. The van der Waals surface area contributed by atoms with Crippen LogP contribution in [0.1, 0.15) is 16.7 Å². The van der Waals surface area contributed by atoms with Crippen molar-refractivity contribution in [3.8, 4) is 5.75 Å². The largest absolute Gasteiger partial charge is 0.378 e. The van der Waals surface area contributed by atoms with Crippen LogP contribution in [0, 0.1) is 6.92 Å². The number of imide groups is 1. The molecule has 0 radical (unpaired) electrons. The third-order valence-corrected chi connectivity index (χ3v) is 8.02. The predicted molar refractivity (Wildman–Crippen MR) is 141 cm³/mol. The second-order valence-corrected chi connectivity index (χ2v) is 10.8. The van der Waals surface area contributed by atoms with Gasteiger partial charge >= 0.3 is 10.1 Å². The molecule has 0 saturated carbocycles. The van der Waals surface area contributed by atoms with Crippen LogP contribution < -0.4 is 4.18 Å². The Morgan fingerprint density at radius 2 is 1.56 bits per heavy atom. The molecule has 4 aromatic carbocycles. The van der Waals surface area contributed by atoms with E-state index < -0.39 is 16.0 Å². The quantitative estimate of drug-likeness (QED) is 0.226. The van der Waals surface area contributed by atoms with Gasteiger partial charge in [-0.15, -0.1) is 0 Å². The zero-order valence-corrected chi connectivity index (χ0v) is 20.9. The van der Waals surface area contributed by atoms with Crippen molar-refractivity contribution >= 4 is 49.9 Å². The topological polar surface area (TPSA) is 80.8 Å². The fourth-order valence-corrected chi connectivity index (χ4v) is 5.72. The third kappa shape index (κ3) is 4.78. The Labute approximate surface area is 213 Å². The lowest BCUT2D eigenvalue weighted by Gasteiger charge is -2.14. The normalized spacial score (nSPS) is 15.1. The van der Waals surface area contributed by atoms with Gasteiger partial charge in [-0.05, 0) is 64.9 Å². The van der Waals surface area contributed by atoms with E-state index in [1.54, 1.807) is 30.3 Å². The Hall–Kier alpha value is -3.88. The zero-order chi connectivity index (χ0) is 25.3. The summed E-state index contributed by atoms with van der Waals surface area (Å²) in [7, 11) is -4.14. The minimum Gasteiger partial charge on any atom is -0.378 e. The van der Waals surface area contributed by atoms with Gasteiger partial charge in [0.15, 0.2) is 0 Å². The van der Waals surface area contributed by atoms with E-state index in [2.05, 4.69) is 0 Å². The van der Waals surface area contributed by atoms with Crippen molar-refractivity contribution in [2.75, 3.05) is 0 Å². The smallest absolute Gasteiger partial charge is 0.339 e. The van der Waals surface area contributed by atoms with E-state index in [0.717, 1.165) is 33.7 Å². The molecular weight excluding hydrogens is 494 g/mol. The second kappa shape index (κ2) is 9.64.